The summed E-state index contributed by atoms with van der Waals surface area (Å²) in [6.07, 6.45) is 1.18. The van der Waals surface area contributed by atoms with Crippen molar-refractivity contribution in [3.63, 3.8) is 0 Å². The van der Waals surface area contributed by atoms with E-state index in [9.17, 15) is 4.79 Å². The van der Waals surface area contributed by atoms with Crippen LogP contribution >= 0.6 is 11.3 Å². The van der Waals surface area contributed by atoms with Crippen LogP contribution in [-0.2, 0) is 11.2 Å². The topological polar surface area (TPSA) is 45.2 Å². The Hall–Kier alpha value is -1.72. The predicted octanol–water partition coefficient (Wildman–Crippen LogP) is 2.73. The molecule has 1 heterocycles. The minimum Gasteiger partial charge on any atom is -0.355 e. The lowest BCUT2D eigenvalue weighted by molar-refractivity contribution is -0.121. The van der Waals surface area contributed by atoms with Crippen LogP contribution in [0.3, 0.4) is 0 Å². The van der Waals surface area contributed by atoms with E-state index in [1.807, 2.05) is 26.2 Å². The van der Waals surface area contributed by atoms with E-state index in [0.29, 0.717) is 19.4 Å². The van der Waals surface area contributed by atoms with Gasteiger partial charge < -0.3 is 10.2 Å². The monoisotopic (exact) mass is 317 g/mol. The maximum absolute atomic E-state index is 11.8. The van der Waals surface area contributed by atoms with Gasteiger partial charge in [-0.1, -0.05) is 24.3 Å². The van der Waals surface area contributed by atoms with Crippen molar-refractivity contribution in [2.24, 2.45) is 0 Å². The standard InChI is InChI=1S/C17H23N3OS/c1-13-6-4-5-7-15(13)17-19-14(12-22-17)8-9-16(21)18-10-11-20(2)3/h4-7,12H,8-11H2,1-3H3,(H,18,21). The van der Waals surface area contributed by atoms with Gasteiger partial charge in [0.2, 0.25) is 5.91 Å². The number of aromatic nitrogens is 1. The minimum atomic E-state index is 0.0901. The second-order valence-corrected chi connectivity index (χ2v) is 6.47. The Kier molecular flexibility index (Phi) is 6.10. The molecule has 0 saturated carbocycles. The Bertz CT molecular complexity index is 622. The first-order valence-electron chi connectivity index (χ1n) is 7.48. The summed E-state index contributed by atoms with van der Waals surface area (Å²) >= 11 is 1.64. The Labute approximate surface area is 136 Å². The van der Waals surface area contributed by atoms with Crippen molar-refractivity contribution in [2.45, 2.75) is 19.8 Å². The van der Waals surface area contributed by atoms with Gasteiger partial charge in [0.05, 0.1) is 5.69 Å². The van der Waals surface area contributed by atoms with Gasteiger partial charge in [0, 0.05) is 30.5 Å². The van der Waals surface area contributed by atoms with Crippen molar-refractivity contribution in [2.75, 3.05) is 27.2 Å². The molecule has 1 N–H and O–H groups in total. The molecule has 1 amide bonds. The first-order chi connectivity index (χ1) is 10.6. The number of rotatable bonds is 7. The van der Waals surface area contributed by atoms with Gasteiger partial charge in [0.25, 0.3) is 0 Å². The van der Waals surface area contributed by atoms with Crippen LogP contribution in [0.15, 0.2) is 29.6 Å². The average Bonchev–Trinajstić information content (AvgIpc) is 2.94. The third kappa shape index (κ3) is 4.93. The molecule has 5 heteroatoms. The summed E-state index contributed by atoms with van der Waals surface area (Å²) in [6, 6.07) is 8.24. The molecule has 0 bridgehead atoms. The zero-order chi connectivity index (χ0) is 15.9. The third-order valence-corrected chi connectivity index (χ3v) is 4.34. The number of carbonyl (C=O) groups excluding carboxylic acids is 1. The zero-order valence-electron chi connectivity index (χ0n) is 13.4. The zero-order valence-corrected chi connectivity index (χ0v) is 14.2. The molecular formula is C17H23N3OS. The summed E-state index contributed by atoms with van der Waals surface area (Å²) in [7, 11) is 3.99. The third-order valence-electron chi connectivity index (χ3n) is 3.42. The van der Waals surface area contributed by atoms with Crippen molar-refractivity contribution in [3.05, 3.63) is 40.9 Å². The summed E-state index contributed by atoms with van der Waals surface area (Å²) in [4.78, 5) is 18.5. The van der Waals surface area contributed by atoms with Gasteiger partial charge in [-0.05, 0) is 33.0 Å². The molecule has 1 aromatic heterocycles. The fourth-order valence-electron chi connectivity index (χ4n) is 2.11. The second kappa shape index (κ2) is 8.06. The van der Waals surface area contributed by atoms with Gasteiger partial charge in [0.1, 0.15) is 5.01 Å². The molecule has 118 valence electrons. The molecule has 0 spiro atoms. The number of thiazole rings is 1. The lowest BCUT2D eigenvalue weighted by Crippen LogP contribution is -2.31. The maximum atomic E-state index is 11.8. The number of benzene rings is 1. The molecule has 0 saturated heterocycles. The van der Waals surface area contributed by atoms with Crippen molar-refractivity contribution in [1.29, 1.82) is 0 Å². The van der Waals surface area contributed by atoms with Crippen LogP contribution in [0.5, 0.6) is 0 Å². The number of nitrogens with zero attached hydrogens (tertiary/aromatic N) is 2. The molecule has 0 aliphatic carbocycles. The van der Waals surface area contributed by atoms with E-state index in [4.69, 9.17) is 0 Å². The van der Waals surface area contributed by atoms with Gasteiger partial charge in [-0.3, -0.25) is 4.79 Å². The van der Waals surface area contributed by atoms with Crippen LogP contribution in [0.25, 0.3) is 10.6 Å². The van der Waals surface area contributed by atoms with Crippen molar-refractivity contribution in [3.8, 4) is 10.6 Å². The molecule has 4 nitrogen and oxygen atoms in total. The molecule has 0 aliphatic heterocycles. The number of hydrogen-bond donors (Lipinski definition) is 1. The molecule has 0 aliphatic rings. The SMILES string of the molecule is Cc1ccccc1-c1nc(CCC(=O)NCCN(C)C)cs1. The summed E-state index contributed by atoms with van der Waals surface area (Å²) in [5.41, 5.74) is 3.39. The highest BCUT2D eigenvalue weighted by atomic mass is 32.1. The minimum absolute atomic E-state index is 0.0901. The highest BCUT2D eigenvalue weighted by molar-refractivity contribution is 7.13. The first-order valence-corrected chi connectivity index (χ1v) is 8.36. The number of carbonyl (C=O) groups is 1. The van der Waals surface area contributed by atoms with E-state index in [-0.39, 0.29) is 5.91 Å². The number of amides is 1. The molecule has 0 radical (unpaired) electrons. The molecule has 22 heavy (non-hydrogen) atoms. The number of hydrogen-bond acceptors (Lipinski definition) is 4. The Morgan fingerprint density at radius 3 is 2.82 bits per heavy atom. The van der Waals surface area contributed by atoms with E-state index in [1.165, 1.54) is 11.1 Å². The Morgan fingerprint density at radius 1 is 1.32 bits per heavy atom. The van der Waals surface area contributed by atoms with E-state index in [2.05, 4.69) is 39.6 Å². The number of aryl methyl sites for hydroxylation is 2. The normalized spacial score (nSPS) is 10.9. The molecule has 0 fully saturated rings. The van der Waals surface area contributed by atoms with Crippen LogP contribution in [0.1, 0.15) is 17.7 Å². The summed E-state index contributed by atoms with van der Waals surface area (Å²) in [6.45, 7) is 3.64. The Morgan fingerprint density at radius 2 is 2.09 bits per heavy atom. The molecule has 2 rings (SSSR count). The quantitative estimate of drug-likeness (QED) is 0.854. The van der Waals surface area contributed by atoms with Crippen LogP contribution in [-0.4, -0.2) is 43.0 Å². The van der Waals surface area contributed by atoms with Gasteiger partial charge in [0.15, 0.2) is 0 Å². The fourth-order valence-corrected chi connectivity index (χ4v) is 3.05. The van der Waals surface area contributed by atoms with Crippen LogP contribution in [0.4, 0.5) is 0 Å². The van der Waals surface area contributed by atoms with Crippen LogP contribution < -0.4 is 5.32 Å². The molecule has 2 aromatic rings. The summed E-state index contributed by atoms with van der Waals surface area (Å²) in [5.74, 6) is 0.0901. The van der Waals surface area contributed by atoms with Crippen molar-refractivity contribution < 1.29 is 4.79 Å². The highest BCUT2D eigenvalue weighted by Gasteiger charge is 2.08. The molecular weight excluding hydrogens is 294 g/mol. The highest BCUT2D eigenvalue weighted by Crippen LogP contribution is 2.26. The van der Waals surface area contributed by atoms with E-state index in [1.54, 1.807) is 11.3 Å². The fraction of sp³-hybridized carbons (Fsp3) is 0.412. The van der Waals surface area contributed by atoms with Crippen LogP contribution in [0.2, 0.25) is 0 Å². The van der Waals surface area contributed by atoms with Gasteiger partial charge in [-0.15, -0.1) is 11.3 Å². The predicted molar refractivity (Wildman–Crippen MR) is 92.2 cm³/mol. The first kappa shape index (κ1) is 16.6. The molecule has 0 atom stereocenters. The number of likely N-dealkylation sites (N-methyl/N-ethyl adjacent to an activating group) is 1. The van der Waals surface area contributed by atoms with E-state index in [0.717, 1.165) is 17.2 Å². The van der Waals surface area contributed by atoms with Crippen LogP contribution in [0, 0.1) is 6.92 Å². The van der Waals surface area contributed by atoms with Crippen molar-refractivity contribution in [1.82, 2.24) is 15.2 Å². The van der Waals surface area contributed by atoms with Gasteiger partial charge >= 0.3 is 0 Å². The largest absolute Gasteiger partial charge is 0.355 e. The second-order valence-electron chi connectivity index (χ2n) is 5.61. The lowest BCUT2D eigenvalue weighted by Gasteiger charge is -2.09. The van der Waals surface area contributed by atoms with E-state index >= 15 is 0 Å². The molecule has 1 aromatic carbocycles. The lowest BCUT2D eigenvalue weighted by atomic mass is 10.1. The maximum Gasteiger partial charge on any atom is 0.220 e. The average molecular weight is 317 g/mol. The van der Waals surface area contributed by atoms with E-state index < -0.39 is 0 Å². The summed E-state index contributed by atoms with van der Waals surface area (Å²) < 4.78 is 0. The van der Waals surface area contributed by atoms with Crippen molar-refractivity contribution >= 4 is 17.2 Å². The van der Waals surface area contributed by atoms with Gasteiger partial charge in [-0.2, -0.15) is 0 Å². The van der Waals surface area contributed by atoms with Gasteiger partial charge in [-0.25, -0.2) is 4.98 Å². The number of nitrogens with one attached hydrogen (secondary N) is 1. The Balaban J connectivity index is 1.85. The summed E-state index contributed by atoms with van der Waals surface area (Å²) in [5, 5.41) is 6.01. The smallest absolute Gasteiger partial charge is 0.220 e. The molecule has 0 unspecified atom stereocenters.